The number of nitro groups is 1. The van der Waals surface area contributed by atoms with Gasteiger partial charge >= 0.3 is 0 Å². The van der Waals surface area contributed by atoms with E-state index in [2.05, 4.69) is 10.2 Å². The van der Waals surface area contributed by atoms with Crippen LogP contribution in [0.5, 0.6) is 5.75 Å². The SMILES string of the molecule is C[C@@H](c1nnc(-c2ccc([N+](=O)[O-])cc2)o1)[NH+](C)CCOc1ccccc1. The molecule has 0 saturated heterocycles. The predicted octanol–water partition coefficient (Wildman–Crippen LogP) is 2.30. The molecule has 0 aliphatic rings. The van der Waals surface area contributed by atoms with E-state index >= 15 is 0 Å². The minimum absolute atomic E-state index is 0.0105. The Morgan fingerprint density at radius 3 is 2.52 bits per heavy atom. The van der Waals surface area contributed by atoms with Gasteiger partial charge in [0.05, 0.1) is 12.0 Å². The molecule has 1 N–H and O–H groups in total. The smallest absolute Gasteiger partial charge is 0.274 e. The van der Waals surface area contributed by atoms with Gasteiger partial charge in [0.25, 0.3) is 11.6 Å². The van der Waals surface area contributed by atoms with E-state index in [0.717, 1.165) is 12.3 Å². The highest BCUT2D eigenvalue weighted by Gasteiger charge is 2.22. The summed E-state index contributed by atoms with van der Waals surface area (Å²) < 4.78 is 11.5. The summed E-state index contributed by atoms with van der Waals surface area (Å²) in [6, 6.07) is 15.7. The fourth-order valence-electron chi connectivity index (χ4n) is 2.53. The zero-order valence-corrected chi connectivity index (χ0v) is 15.2. The Hall–Kier alpha value is -3.26. The fraction of sp³-hybridized carbons (Fsp3) is 0.263. The highest BCUT2D eigenvalue weighted by molar-refractivity contribution is 5.55. The maximum atomic E-state index is 10.7. The molecule has 1 heterocycles. The van der Waals surface area contributed by atoms with Crippen LogP contribution in [0.4, 0.5) is 5.69 Å². The molecule has 0 saturated carbocycles. The van der Waals surface area contributed by atoms with E-state index in [1.807, 2.05) is 44.3 Å². The molecule has 0 fully saturated rings. The summed E-state index contributed by atoms with van der Waals surface area (Å²) in [7, 11) is 2.04. The minimum Gasteiger partial charge on any atom is -0.488 e. The van der Waals surface area contributed by atoms with Crippen LogP contribution in [0.15, 0.2) is 59.0 Å². The van der Waals surface area contributed by atoms with Crippen molar-refractivity contribution in [2.75, 3.05) is 20.2 Å². The zero-order valence-electron chi connectivity index (χ0n) is 15.2. The fourth-order valence-corrected chi connectivity index (χ4v) is 2.53. The van der Waals surface area contributed by atoms with Gasteiger partial charge in [0.1, 0.15) is 18.9 Å². The van der Waals surface area contributed by atoms with E-state index in [1.165, 1.54) is 17.0 Å². The van der Waals surface area contributed by atoms with Gasteiger partial charge in [-0.2, -0.15) is 0 Å². The number of ether oxygens (including phenoxy) is 1. The van der Waals surface area contributed by atoms with Gasteiger partial charge in [-0.1, -0.05) is 18.2 Å². The lowest BCUT2D eigenvalue weighted by molar-refractivity contribution is -0.911. The predicted molar refractivity (Wildman–Crippen MR) is 98.5 cm³/mol. The van der Waals surface area contributed by atoms with E-state index in [1.54, 1.807) is 12.1 Å². The summed E-state index contributed by atoms with van der Waals surface area (Å²) in [4.78, 5) is 11.5. The van der Waals surface area contributed by atoms with Gasteiger partial charge in [-0.3, -0.25) is 10.1 Å². The van der Waals surface area contributed by atoms with Crippen LogP contribution in [0, 0.1) is 10.1 Å². The average molecular weight is 369 g/mol. The number of nitro benzene ring substituents is 1. The molecule has 0 amide bonds. The molecular formula is C19H21N4O4+. The monoisotopic (exact) mass is 369 g/mol. The van der Waals surface area contributed by atoms with Crippen molar-refractivity contribution in [3.8, 4) is 17.2 Å². The third kappa shape index (κ3) is 4.68. The summed E-state index contributed by atoms with van der Waals surface area (Å²) >= 11 is 0. The van der Waals surface area contributed by atoms with Gasteiger partial charge in [-0.15, -0.1) is 10.2 Å². The second-order valence-corrected chi connectivity index (χ2v) is 6.23. The van der Waals surface area contributed by atoms with Crippen LogP contribution < -0.4 is 9.64 Å². The summed E-state index contributed by atoms with van der Waals surface area (Å²) in [5.41, 5.74) is 0.672. The quantitative estimate of drug-likeness (QED) is 0.483. The Kier molecular flexibility index (Phi) is 5.77. The molecule has 1 unspecified atom stereocenters. The number of nitrogens with one attached hydrogen (secondary N) is 1. The lowest BCUT2D eigenvalue weighted by Gasteiger charge is -2.18. The normalized spacial score (nSPS) is 13.1. The van der Waals surface area contributed by atoms with Crippen LogP contribution in [-0.4, -0.2) is 35.3 Å². The maximum Gasteiger partial charge on any atom is 0.274 e. The Bertz CT molecular complexity index is 880. The maximum absolute atomic E-state index is 10.7. The van der Waals surface area contributed by atoms with Gasteiger partial charge in [0.15, 0.2) is 6.04 Å². The Balaban J connectivity index is 1.58. The third-order valence-electron chi connectivity index (χ3n) is 4.38. The van der Waals surface area contributed by atoms with Crippen molar-refractivity contribution in [3.63, 3.8) is 0 Å². The van der Waals surface area contributed by atoms with Crippen LogP contribution in [0.1, 0.15) is 18.9 Å². The Labute approximate surface area is 156 Å². The van der Waals surface area contributed by atoms with Crippen molar-refractivity contribution in [1.29, 1.82) is 0 Å². The molecule has 3 rings (SSSR count). The average Bonchev–Trinajstić information content (AvgIpc) is 3.18. The van der Waals surface area contributed by atoms with Crippen molar-refractivity contribution in [2.45, 2.75) is 13.0 Å². The Morgan fingerprint density at radius 1 is 1.15 bits per heavy atom. The van der Waals surface area contributed by atoms with Crippen molar-refractivity contribution in [3.05, 3.63) is 70.6 Å². The van der Waals surface area contributed by atoms with Gasteiger partial charge in [0.2, 0.25) is 5.89 Å². The number of non-ortho nitro benzene ring substituents is 1. The van der Waals surface area contributed by atoms with E-state index in [4.69, 9.17) is 9.15 Å². The molecule has 8 nitrogen and oxygen atoms in total. The minimum atomic E-state index is -0.444. The Morgan fingerprint density at radius 2 is 1.85 bits per heavy atom. The summed E-state index contributed by atoms with van der Waals surface area (Å²) in [5, 5.41) is 18.9. The number of hydrogen-bond acceptors (Lipinski definition) is 6. The number of benzene rings is 2. The van der Waals surface area contributed by atoms with Gasteiger partial charge in [0, 0.05) is 17.7 Å². The number of nitrogens with zero attached hydrogens (tertiary/aromatic N) is 3. The second kappa shape index (κ2) is 8.41. The van der Waals surface area contributed by atoms with Crippen LogP contribution in [0.2, 0.25) is 0 Å². The van der Waals surface area contributed by atoms with Crippen LogP contribution >= 0.6 is 0 Å². The number of quaternary nitrogens is 1. The highest BCUT2D eigenvalue weighted by Crippen LogP contribution is 2.22. The number of rotatable bonds is 8. The lowest BCUT2D eigenvalue weighted by atomic mass is 10.2. The number of para-hydroxylation sites is 1. The first-order valence-corrected chi connectivity index (χ1v) is 8.63. The zero-order chi connectivity index (χ0) is 19.2. The second-order valence-electron chi connectivity index (χ2n) is 6.23. The highest BCUT2D eigenvalue weighted by atomic mass is 16.6. The largest absolute Gasteiger partial charge is 0.488 e. The van der Waals surface area contributed by atoms with Crippen molar-refractivity contribution < 1.29 is 19.0 Å². The van der Waals surface area contributed by atoms with Gasteiger partial charge in [-0.05, 0) is 31.2 Å². The first-order chi connectivity index (χ1) is 13.0. The molecule has 27 heavy (non-hydrogen) atoms. The van der Waals surface area contributed by atoms with Crippen molar-refractivity contribution in [2.24, 2.45) is 0 Å². The number of likely N-dealkylation sites (N-methyl/N-ethyl adjacent to an activating group) is 1. The van der Waals surface area contributed by atoms with Gasteiger partial charge in [-0.25, -0.2) is 0 Å². The standard InChI is InChI=1S/C19H20N4O4/c1-14(22(2)12-13-26-17-6-4-3-5-7-17)18-20-21-19(27-18)15-8-10-16(11-9-15)23(24)25/h3-11,14H,12-13H2,1-2H3/p+1/t14-/m0/s1. The van der Waals surface area contributed by atoms with E-state index in [-0.39, 0.29) is 11.7 Å². The summed E-state index contributed by atoms with van der Waals surface area (Å²) in [6.07, 6.45) is 0. The van der Waals surface area contributed by atoms with E-state index in [9.17, 15) is 10.1 Å². The molecule has 0 aliphatic carbocycles. The molecule has 3 aromatic rings. The molecule has 0 spiro atoms. The molecule has 0 bridgehead atoms. The van der Waals surface area contributed by atoms with Crippen LogP contribution in [0.25, 0.3) is 11.5 Å². The van der Waals surface area contributed by atoms with E-state index in [0.29, 0.717) is 24.0 Å². The summed E-state index contributed by atoms with van der Waals surface area (Å²) in [6.45, 7) is 3.35. The van der Waals surface area contributed by atoms with Crippen molar-refractivity contribution in [1.82, 2.24) is 10.2 Å². The number of aromatic nitrogens is 2. The van der Waals surface area contributed by atoms with Crippen LogP contribution in [-0.2, 0) is 0 Å². The topological polar surface area (TPSA) is 95.7 Å². The molecule has 140 valence electrons. The molecule has 1 aromatic heterocycles. The molecule has 2 aromatic carbocycles. The van der Waals surface area contributed by atoms with Crippen LogP contribution in [0.3, 0.4) is 0 Å². The third-order valence-corrected chi connectivity index (χ3v) is 4.38. The lowest BCUT2D eigenvalue weighted by Crippen LogP contribution is -3.09. The summed E-state index contributed by atoms with van der Waals surface area (Å²) in [5.74, 6) is 1.71. The molecule has 8 heteroatoms. The first-order valence-electron chi connectivity index (χ1n) is 8.63. The van der Waals surface area contributed by atoms with Crippen molar-refractivity contribution >= 4 is 5.69 Å². The first kappa shape index (κ1) is 18.5. The molecular weight excluding hydrogens is 348 g/mol. The molecule has 0 radical (unpaired) electrons. The van der Waals surface area contributed by atoms with Gasteiger partial charge < -0.3 is 14.1 Å². The number of hydrogen-bond donors (Lipinski definition) is 1. The molecule has 2 atom stereocenters. The molecule has 0 aliphatic heterocycles. The van der Waals surface area contributed by atoms with E-state index < -0.39 is 4.92 Å².